The number of carbonyl (C=O) groups excluding carboxylic acids is 1. The number of ether oxygens (including phenoxy) is 1. The third kappa shape index (κ3) is 4.30. The number of hydrogen-bond acceptors (Lipinski definition) is 4. The molecule has 0 aromatic heterocycles. The van der Waals surface area contributed by atoms with Crippen molar-refractivity contribution >= 4 is 17.5 Å². The van der Waals surface area contributed by atoms with Gasteiger partial charge >= 0.3 is 6.09 Å². The molecule has 3 rings (SSSR count). The van der Waals surface area contributed by atoms with Crippen molar-refractivity contribution in [2.45, 2.75) is 57.7 Å². The highest BCUT2D eigenvalue weighted by atomic mass is 19.1. The van der Waals surface area contributed by atoms with Crippen LogP contribution in [0.1, 0.15) is 40.0 Å². The fourth-order valence-corrected chi connectivity index (χ4v) is 2.89. The quantitative estimate of drug-likeness (QED) is 0.884. The molecule has 0 bridgehead atoms. The minimum Gasteiger partial charge on any atom is -0.444 e. The standard InChI is InChI=1S/C18H26FN3O2/c1-18(2,3)24-17(23)21-13-9-10-22(11-13)15-6-4-5-14(16(15)19)20-12-7-8-12/h4-6,12-13,20H,7-11H2,1-3H3,(H,21,23). The van der Waals surface area contributed by atoms with E-state index >= 15 is 0 Å². The Morgan fingerprint density at radius 3 is 2.67 bits per heavy atom. The largest absolute Gasteiger partial charge is 0.444 e. The van der Waals surface area contributed by atoms with Crippen LogP contribution in [-0.2, 0) is 4.74 Å². The SMILES string of the molecule is CC(C)(C)OC(=O)NC1CCN(c2cccc(NC3CC3)c2F)C1. The second-order valence-corrected chi connectivity index (χ2v) is 7.64. The molecule has 1 heterocycles. The van der Waals surface area contributed by atoms with Crippen LogP contribution in [0, 0.1) is 5.82 Å². The van der Waals surface area contributed by atoms with E-state index in [0.717, 1.165) is 19.3 Å². The van der Waals surface area contributed by atoms with Gasteiger partial charge in [0.15, 0.2) is 5.82 Å². The monoisotopic (exact) mass is 335 g/mol. The Morgan fingerprint density at radius 1 is 1.25 bits per heavy atom. The molecule has 2 N–H and O–H groups in total. The van der Waals surface area contributed by atoms with Crippen molar-refractivity contribution in [1.29, 1.82) is 0 Å². The van der Waals surface area contributed by atoms with E-state index in [9.17, 15) is 9.18 Å². The molecule has 5 nitrogen and oxygen atoms in total. The number of rotatable bonds is 4. The van der Waals surface area contributed by atoms with Gasteiger partial charge in [0.1, 0.15) is 5.60 Å². The maximum absolute atomic E-state index is 14.7. The van der Waals surface area contributed by atoms with Crippen LogP contribution in [-0.4, -0.2) is 36.9 Å². The summed E-state index contributed by atoms with van der Waals surface area (Å²) in [5.74, 6) is -0.206. The summed E-state index contributed by atoms with van der Waals surface area (Å²) in [5.41, 5.74) is 0.643. The lowest BCUT2D eigenvalue weighted by molar-refractivity contribution is 0.0509. The topological polar surface area (TPSA) is 53.6 Å². The molecule has 2 fully saturated rings. The van der Waals surface area contributed by atoms with Crippen molar-refractivity contribution in [3.63, 3.8) is 0 Å². The third-order valence-corrected chi connectivity index (χ3v) is 4.17. The second-order valence-electron chi connectivity index (χ2n) is 7.64. The van der Waals surface area contributed by atoms with E-state index in [-0.39, 0.29) is 11.9 Å². The summed E-state index contributed by atoms with van der Waals surface area (Å²) in [6.45, 7) is 6.80. The Morgan fingerprint density at radius 2 is 2.00 bits per heavy atom. The lowest BCUT2D eigenvalue weighted by Crippen LogP contribution is -2.40. The molecule has 1 aromatic carbocycles. The Kier molecular flexibility index (Phi) is 4.56. The van der Waals surface area contributed by atoms with Crippen LogP contribution in [0.2, 0.25) is 0 Å². The number of nitrogens with one attached hydrogen (secondary N) is 2. The molecule has 1 saturated heterocycles. The predicted molar refractivity (Wildman–Crippen MR) is 93.0 cm³/mol. The average Bonchev–Trinajstić information content (AvgIpc) is 3.17. The van der Waals surface area contributed by atoms with Crippen molar-refractivity contribution < 1.29 is 13.9 Å². The lowest BCUT2D eigenvalue weighted by Gasteiger charge is -2.23. The highest BCUT2D eigenvalue weighted by Gasteiger charge is 2.29. The second kappa shape index (κ2) is 6.49. The first kappa shape index (κ1) is 16.9. The fraction of sp³-hybridized carbons (Fsp3) is 0.611. The van der Waals surface area contributed by atoms with Gasteiger partial charge in [0, 0.05) is 19.1 Å². The van der Waals surface area contributed by atoms with Crippen LogP contribution >= 0.6 is 0 Å². The minimum atomic E-state index is -0.517. The third-order valence-electron chi connectivity index (χ3n) is 4.17. The number of anilines is 2. The first-order chi connectivity index (χ1) is 11.3. The normalized spacial score (nSPS) is 20.8. The number of nitrogens with zero attached hydrogens (tertiary/aromatic N) is 1. The van der Waals surface area contributed by atoms with Crippen LogP contribution < -0.4 is 15.5 Å². The molecular weight excluding hydrogens is 309 g/mol. The maximum atomic E-state index is 14.7. The Hall–Kier alpha value is -1.98. The number of halogens is 1. The number of carbonyl (C=O) groups is 1. The number of amides is 1. The molecule has 132 valence electrons. The molecule has 2 aliphatic rings. The zero-order valence-electron chi connectivity index (χ0n) is 14.6. The van der Waals surface area contributed by atoms with E-state index < -0.39 is 11.7 Å². The van der Waals surface area contributed by atoms with Crippen LogP contribution in [0.15, 0.2) is 18.2 Å². The van der Waals surface area contributed by atoms with Gasteiger partial charge in [-0.15, -0.1) is 0 Å². The van der Waals surface area contributed by atoms with E-state index in [4.69, 9.17) is 4.74 Å². The van der Waals surface area contributed by atoms with Gasteiger partial charge < -0.3 is 20.3 Å². The predicted octanol–water partition coefficient (Wildman–Crippen LogP) is 3.50. The molecular formula is C18H26FN3O2. The van der Waals surface area contributed by atoms with Gasteiger partial charge in [0.05, 0.1) is 17.4 Å². The highest BCUT2D eigenvalue weighted by Crippen LogP contribution is 2.32. The molecule has 1 aliphatic heterocycles. The maximum Gasteiger partial charge on any atom is 0.407 e. The van der Waals surface area contributed by atoms with Crippen molar-refractivity contribution in [1.82, 2.24) is 5.32 Å². The average molecular weight is 335 g/mol. The van der Waals surface area contributed by atoms with E-state index in [2.05, 4.69) is 10.6 Å². The summed E-state index contributed by atoms with van der Waals surface area (Å²) in [5, 5.41) is 6.10. The molecule has 0 radical (unpaired) electrons. The van der Waals surface area contributed by atoms with Gasteiger partial charge in [0.2, 0.25) is 0 Å². The van der Waals surface area contributed by atoms with Crippen molar-refractivity contribution in [2.24, 2.45) is 0 Å². The smallest absolute Gasteiger partial charge is 0.407 e. The summed E-state index contributed by atoms with van der Waals surface area (Å²) >= 11 is 0. The molecule has 1 unspecified atom stereocenters. The molecule has 1 aliphatic carbocycles. The van der Waals surface area contributed by atoms with Crippen molar-refractivity contribution in [3.05, 3.63) is 24.0 Å². The van der Waals surface area contributed by atoms with E-state index in [1.807, 2.05) is 31.7 Å². The van der Waals surface area contributed by atoms with Crippen LogP contribution in [0.4, 0.5) is 20.6 Å². The zero-order chi connectivity index (χ0) is 17.3. The minimum absolute atomic E-state index is 0.0284. The summed E-state index contributed by atoms with van der Waals surface area (Å²) in [6.07, 6.45) is 2.57. The molecule has 1 saturated carbocycles. The molecule has 6 heteroatoms. The Bertz CT molecular complexity index is 611. The van der Waals surface area contributed by atoms with Gasteiger partial charge in [-0.1, -0.05) is 6.07 Å². The van der Waals surface area contributed by atoms with Crippen LogP contribution in [0.3, 0.4) is 0 Å². The summed E-state index contributed by atoms with van der Waals surface area (Å²) in [6, 6.07) is 5.83. The zero-order valence-corrected chi connectivity index (χ0v) is 14.6. The highest BCUT2D eigenvalue weighted by molar-refractivity contribution is 5.68. The summed E-state index contributed by atoms with van der Waals surface area (Å²) in [7, 11) is 0. The van der Waals surface area contributed by atoms with Crippen LogP contribution in [0.25, 0.3) is 0 Å². The number of alkyl carbamates (subject to hydrolysis) is 1. The first-order valence-corrected chi connectivity index (χ1v) is 8.61. The van der Waals surface area contributed by atoms with Gasteiger partial charge in [-0.25, -0.2) is 9.18 Å². The summed E-state index contributed by atoms with van der Waals surface area (Å²) in [4.78, 5) is 13.9. The van der Waals surface area contributed by atoms with Gasteiger partial charge in [-0.2, -0.15) is 0 Å². The Labute approximate surface area is 142 Å². The first-order valence-electron chi connectivity index (χ1n) is 8.61. The number of benzene rings is 1. The van der Waals surface area contributed by atoms with Gasteiger partial charge in [0.25, 0.3) is 0 Å². The van der Waals surface area contributed by atoms with E-state index in [1.165, 1.54) is 0 Å². The van der Waals surface area contributed by atoms with E-state index in [1.54, 1.807) is 12.1 Å². The fourth-order valence-electron chi connectivity index (χ4n) is 2.89. The molecule has 0 spiro atoms. The van der Waals surface area contributed by atoms with Crippen molar-refractivity contribution in [2.75, 3.05) is 23.3 Å². The van der Waals surface area contributed by atoms with E-state index in [0.29, 0.717) is 30.5 Å². The van der Waals surface area contributed by atoms with Crippen LogP contribution in [0.5, 0.6) is 0 Å². The molecule has 1 amide bonds. The Balaban J connectivity index is 1.60. The molecule has 24 heavy (non-hydrogen) atoms. The lowest BCUT2D eigenvalue weighted by atomic mass is 10.2. The summed E-state index contributed by atoms with van der Waals surface area (Å²) < 4.78 is 20.0. The van der Waals surface area contributed by atoms with Crippen molar-refractivity contribution in [3.8, 4) is 0 Å². The van der Waals surface area contributed by atoms with Gasteiger partial charge in [-0.05, 0) is 52.2 Å². The number of hydrogen-bond donors (Lipinski definition) is 2. The molecule has 1 aromatic rings. The molecule has 1 atom stereocenters. The van der Waals surface area contributed by atoms with Gasteiger partial charge in [-0.3, -0.25) is 0 Å².